The van der Waals surface area contributed by atoms with Crippen LogP contribution in [0.2, 0.25) is 0 Å². The van der Waals surface area contributed by atoms with Gasteiger partial charge in [-0.15, -0.1) is 0 Å². The van der Waals surface area contributed by atoms with Gasteiger partial charge in [0.25, 0.3) is 0 Å². The van der Waals surface area contributed by atoms with Crippen molar-refractivity contribution in [2.75, 3.05) is 34.4 Å². The molecule has 7 heteroatoms. The normalized spacial score (nSPS) is 21.2. The van der Waals surface area contributed by atoms with E-state index >= 15 is 0 Å². The molecule has 2 aliphatic rings. The summed E-state index contributed by atoms with van der Waals surface area (Å²) in [7, 11) is 4.60. The number of quaternary nitrogens is 1. The number of allylic oxidation sites excluding steroid dienone is 1. The quantitative estimate of drug-likeness (QED) is 0.695. The van der Waals surface area contributed by atoms with Gasteiger partial charge < -0.3 is 29.0 Å². The number of rotatable bonds is 6. The molecule has 0 radical (unpaired) electrons. The first-order chi connectivity index (χ1) is 15.4. The first-order valence-electron chi connectivity index (χ1n) is 10.9. The van der Waals surface area contributed by atoms with E-state index in [9.17, 15) is 9.90 Å². The molecule has 2 atom stereocenters. The summed E-state index contributed by atoms with van der Waals surface area (Å²) in [6, 6.07) is 6.53. The van der Waals surface area contributed by atoms with Crippen LogP contribution < -0.4 is 29.0 Å². The first kappa shape index (κ1) is 22.0. The second-order valence-corrected chi connectivity index (χ2v) is 8.45. The van der Waals surface area contributed by atoms with Gasteiger partial charge in [-0.2, -0.15) is 0 Å². The molecule has 0 spiro atoms. The maximum absolute atomic E-state index is 13.1. The summed E-state index contributed by atoms with van der Waals surface area (Å²) in [5.74, 6) is 2.29. The van der Waals surface area contributed by atoms with Gasteiger partial charge in [-0.3, -0.25) is 4.79 Å². The Balaban J connectivity index is 1.67. The van der Waals surface area contributed by atoms with Gasteiger partial charge in [-0.25, -0.2) is 0 Å². The summed E-state index contributed by atoms with van der Waals surface area (Å²) in [5.41, 5.74) is 1.67. The lowest BCUT2D eigenvalue weighted by Crippen LogP contribution is -3.12. The number of methoxy groups -OCH3 is 3. The van der Waals surface area contributed by atoms with Gasteiger partial charge in [-0.05, 0) is 42.7 Å². The van der Waals surface area contributed by atoms with Crippen molar-refractivity contribution >= 4 is 11.9 Å². The van der Waals surface area contributed by atoms with E-state index in [0.29, 0.717) is 52.2 Å². The van der Waals surface area contributed by atoms with E-state index in [1.54, 1.807) is 24.3 Å². The predicted octanol–water partition coefficient (Wildman–Crippen LogP) is 2.22. The number of Topliss-reactive ketones (excluding diaryl/α,β-unsaturated/α-hetero) is 1. The minimum Gasteiger partial charge on any atom is -0.872 e. The zero-order valence-electron chi connectivity index (χ0n) is 18.9. The van der Waals surface area contributed by atoms with E-state index in [1.807, 2.05) is 0 Å². The van der Waals surface area contributed by atoms with E-state index < -0.39 is 0 Å². The van der Waals surface area contributed by atoms with E-state index in [4.69, 9.17) is 18.9 Å². The third kappa shape index (κ3) is 4.12. The van der Waals surface area contributed by atoms with Crippen LogP contribution in [0.3, 0.4) is 0 Å². The number of ketones is 1. The molecule has 0 bridgehead atoms. The number of fused-ring (bicyclic) bond motifs is 1. The Morgan fingerprint density at radius 1 is 1.16 bits per heavy atom. The highest BCUT2D eigenvalue weighted by Gasteiger charge is 2.32. The molecule has 0 aliphatic carbocycles. The van der Waals surface area contributed by atoms with Crippen LogP contribution in [0.25, 0.3) is 6.08 Å². The van der Waals surface area contributed by atoms with E-state index in [-0.39, 0.29) is 17.3 Å². The van der Waals surface area contributed by atoms with Crippen LogP contribution in [-0.2, 0) is 6.54 Å². The number of ether oxygens (including phenoxy) is 4. The molecule has 2 unspecified atom stereocenters. The Bertz CT molecular complexity index is 1040. The predicted molar refractivity (Wildman–Crippen MR) is 118 cm³/mol. The fourth-order valence-electron chi connectivity index (χ4n) is 4.60. The van der Waals surface area contributed by atoms with Crippen molar-refractivity contribution < 1.29 is 33.7 Å². The molecule has 0 aromatic heterocycles. The van der Waals surface area contributed by atoms with Crippen molar-refractivity contribution in [2.24, 2.45) is 5.92 Å². The fraction of sp³-hybridized carbons (Fsp3) is 0.400. The summed E-state index contributed by atoms with van der Waals surface area (Å²) in [4.78, 5) is 14.4. The van der Waals surface area contributed by atoms with Gasteiger partial charge in [0.2, 0.25) is 11.5 Å². The number of hydrogen-bond donors (Lipinski definition) is 1. The average Bonchev–Trinajstić information content (AvgIpc) is 3.10. The van der Waals surface area contributed by atoms with Gasteiger partial charge in [0, 0.05) is 11.5 Å². The second kappa shape index (κ2) is 9.12. The highest BCUT2D eigenvalue weighted by Crippen LogP contribution is 2.41. The molecule has 0 amide bonds. The van der Waals surface area contributed by atoms with Crippen LogP contribution in [0.15, 0.2) is 30.0 Å². The van der Waals surface area contributed by atoms with Crippen LogP contribution >= 0.6 is 0 Å². The van der Waals surface area contributed by atoms with Gasteiger partial charge in [0.1, 0.15) is 12.3 Å². The molecule has 1 saturated heterocycles. The monoisotopic (exact) mass is 439 g/mol. The molecule has 1 fully saturated rings. The summed E-state index contributed by atoms with van der Waals surface area (Å²) in [5, 5.41) is 12.7. The number of benzene rings is 2. The molecule has 4 rings (SSSR count). The largest absolute Gasteiger partial charge is 0.872 e. The average molecular weight is 440 g/mol. The molecule has 7 nitrogen and oxygen atoms in total. The van der Waals surface area contributed by atoms with Crippen molar-refractivity contribution in [3.8, 4) is 28.7 Å². The maximum atomic E-state index is 13.1. The lowest BCUT2D eigenvalue weighted by molar-refractivity contribution is -0.922. The second-order valence-electron chi connectivity index (χ2n) is 8.45. The number of nitrogens with one attached hydrogen (secondary N) is 1. The Hall–Kier alpha value is -3.19. The smallest absolute Gasteiger partial charge is 0.231 e. The van der Waals surface area contributed by atoms with Crippen LogP contribution in [0.1, 0.15) is 41.3 Å². The Kier molecular flexibility index (Phi) is 6.28. The molecule has 2 aromatic rings. The lowest BCUT2D eigenvalue weighted by Gasteiger charge is -2.29. The Morgan fingerprint density at radius 2 is 1.88 bits per heavy atom. The minimum atomic E-state index is -0.239. The Morgan fingerprint density at radius 3 is 2.50 bits per heavy atom. The van der Waals surface area contributed by atoms with Crippen molar-refractivity contribution in [3.05, 3.63) is 46.7 Å². The summed E-state index contributed by atoms with van der Waals surface area (Å²) < 4.78 is 22.1. The molecule has 32 heavy (non-hydrogen) atoms. The van der Waals surface area contributed by atoms with Crippen LogP contribution in [-0.4, -0.2) is 40.2 Å². The standard InChI is InChI=1S/C25H29NO6/c1-15-6-5-9-26(13-15)14-18-19(27)8-7-17-23(28)20(32-24(17)18)10-16-11-21(29-2)25(31-4)22(12-16)30-3/h7-8,10-12,15,27H,5-6,9,13-14H2,1-4H3/b20-10-. The van der Waals surface area contributed by atoms with Gasteiger partial charge in [-0.1, -0.05) is 18.7 Å². The highest BCUT2D eigenvalue weighted by atomic mass is 16.5. The minimum absolute atomic E-state index is 0.0867. The van der Waals surface area contributed by atoms with Crippen molar-refractivity contribution in [2.45, 2.75) is 26.3 Å². The number of piperidine rings is 1. The molecule has 2 aromatic carbocycles. The van der Waals surface area contributed by atoms with E-state index in [2.05, 4.69) is 6.92 Å². The van der Waals surface area contributed by atoms with E-state index in [1.165, 1.54) is 38.7 Å². The maximum Gasteiger partial charge on any atom is 0.231 e. The summed E-state index contributed by atoms with van der Waals surface area (Å²) in [6.45, 7) is 4.85. The fourth-order valence-corrected chi connectivity index (χ4v) is 4.60. The summed E-state index contributed by atoms with van der Waals surface area (Å²) >= 11 is 0. The zero-order chi connectivity index (χ0) is 22.8. The highest BCUT2D eigenvalue weighted by molar-refractivity contribution is 6.15. The van der Waals surface area contributed by atoms with Crippen LogP contribution in [0.4, 0.5) is 0 Å². The number of carbonyl (C=O) groups excluding carboxylic acids is 1. The molecule has 0 saturated carbocycles. The van der Waals surface area contributed by atoms with Crippen molar-refractivity contribution in [1.29, 1.82) is 0 Å². The first-order valence-corrected chi connectivity index (χ1v) is 10.9. The zero-order valence-corrected chi connectivity index (χ0v) is 18.9. The van der Waals surface area contributed by atoms with Gasteiger partial charge >= 0.3 is 0 Å². The SMILES string of the molecule is COc1cc(/C=C2\Oc3c(ccc([O-])c3C[NH+]3CCCC(C)C3)C2=O)cc(OC)c1OC. The number of hydrogen-bond acceptors (Lipinski definition) is 6. The third-order valence-corrected chi connectivity index (χ3v) is 6.17. The third-order valence-electron chi connectivity index (χ3n) is 6.17. The van der Waals surface area contributed by atoms with Gasteiger partial charge in [0.05, 0.1) is 40.0 Å². The van der Waals surface area contributed by atoms with Gasteiger partial charge in [0.15, 0.2) is 17.3 Å². The molecule has 2 aliphatic heterocycles. The van der Waals surface area contributed by atoms with Crippen molar-refractivity contribution in [3.63, 3.8) is 0 Å². The number of carbonyl (C=O) groups is 1. The molecule has 170 valence electrons. The van der Waals surface area contributed by atoms with Crippen molar-refractivity contribution in [1.82, 2.24) is 0 Å². The molecular formula is C25H29NO6. The van der Waals surface area contributed by atoms with Crippen LogP contribution in [0, 0.1) is 5.92 Å². The lowest BCUT2D eigenvalue weighted by atomic mass is 9.99. The molecular weight excluding hydrogens is 410 g/mol. The number of likely N-dealkylation sites (tertiary alicyclic amines) is 1. The molecule has 2 heterocycles. The van der Waals surface area contributed by atoms with E-state index in [0.717, 1.165) is 19.5 Å². The van der Waals surface area contributed by atoms with Crippen LogP contribution in [0.5, 0.6) is 28.7 Å². The summed E-state index contributed by atoms with van der Waals surface area (Å²) in [6.07, 6.45) is 4.00. The topological polar surface area (TPSA) is 81.5 Å². The molecule has 1 N–H and O–H groups in total. The Labute approximate surface area is 188 Å².